The van der Waals surface area contributed by atoms with Crippen molar-refractivity contribution < 1.29 is 24.3 Å². The van der Waals surface area contributed by atoms with Crippen molar-refractivity contribution >= 4 is 51.7 Å². The molecule has 0 spiro atoms. The summed E-state index contributed by atoms with van der Waals surface area (Å²) >= 11 is 2.56. The molecule has 1 aromatic rings. The van der Waals surface area contributed by atoms with Crippen molar-refractivity contribution in [3.05, 3.63) is 22.8 Å². The number of nitrogens with two attached hydrogens (primary N) is 1. The number of fused-ring (bicyclic) bond motifs is 1. The Morgan fingerprint density at radius 1 is 1.39 bits per heavy atom. The molecule has 1 aromatic heterocycles. The van der Waals surface area contributed by atoms with E-state index in [2.05, 4.69) is 22.4 Å². The number of hydrogen-bond acceptors (Lipinski definition) is 9. The zero-order valence-corrected chi connectivity index (χ0v) is 18.9. The van der Waals surface area contributed by atoms with Gasteiger partial charge in [0.05, 0.1) is 0 Å². The second-order valence-electron chi connectivity index (χ2n) is 7.15. The fourth-order valence-corrected chi connectivity index (χ4v) is 5.12. The van der Waals surface area contributed by atoms with Gasteiger partial charge in [0, 0.05) is 10.6 Å². The molecule has 2 aliphatic heterocycles. The van der Waals surface area contributed by atoms with Gasteiger partial charge in [-0.1, -0.05) is 24.9 Å². The predicted molar refractivity (Wildman–Crippen MR) is 118 cm³/mol. The number of aromatic nitrogens is 1. The molecule has 2 unspecified atom stereocenters. The van der Waals surface area contributed by atoms with Crippen LogP contribution in [0.15, 0.2) is 22.3 Å². The van der Waals surface area contributed by atoms with Gasteiger partial charge in [-0.2, -0.15) is 0 Å². The van der Waals surface area contributed by atoms with Crippen LogP contribution in [0.3, 0.4) is 0 Å². The van der Waals surface area contributed by atoms with Gasteiger partial charge in [0.2, 0.25) is 0 Å². The number of rotatable bonds is 10. The van der Waals surface area contributed by atoms with E-state index < -0.39 is 29.2 Å². The van der Waals surface area contributed by atoms with Crippen molar-refractivity contribution in [2.75, 3.05) is 12.3 Å². The first-order chi connectivity index (χ1) is 14.8. The van der Waals surface area contributed by atoms with Gasteiger partial charge in [0.15, 0.2) is 10.8 Å². The highest BCUT2D eigenvalue weighted by Gasteiger charge is 2.54. The number of thioether (sulfide) groups is 1. The summed E-state index contributed by atoms with van der Waals surface area (Å²) in [6.45, 7) is 4.30. The molecule has 3 heterocycles. The summed E-state index contributed by atoms with van der Waals surface area (Å²) in [6.07, 6.45) is 5.52. The van der Waals surface area contributed by atoms with Crippen LogP contribution in [0.5, 0.6) is 0 Å². The van der Waals surface area contributed by atoms with Gasteiger partial charge >= 0.3 is 5.97 Å². The van der Waals surface area contributed by atoms with Crippen LogP contribution in [0.4, 0.5) is 5.13 Å². The second-order valence-corrected chi connectivity index (χ2v) is 9.54. The molecule has 10 nitrogen and oxygen atoms in total. The molecule has 0 radical (unpaired) electrons. The topological polar surface area (TPSA) is 147 Å². The minimum absolute atomic E-state index is 0.0664. The van der Waals surface area contributed by atoms with E-state index in [1.807, 2.05) is 6.92 Å². The summed E-state index contributed by atoms with van der Waals surface area (Å²) in [5.41, 5.74) is 5.81. The quantitative estimate of drug-likeness (QED) is 0.204. The van der Waals surface area contributed by atoms with Gasteiger partial charge in [0.25, 0.3) is 11.8 Å². The van der Waals surface area contributed by atoms with E-state index in [0.29, 0.717) is 6.61 Å². The zero-order chi connectivity index (χ0) is 22.5. The number of nitrogen functional groups attached to an aromatic ring is 1. The zero-order valence-electron chi connectivity index (χ0n) is 17.2. The Balaban J connectivity index is 1.70. The number of oxime groups is 1. The van der Waals surface area contributed by atoms with Gasteiger partial charge in [-0.25, -0.2) is 9.78 Å². The number of aliphatic carboxylic acids is 1. The van der Waals surface area contributed by atoms with Gasteiger partial charge in [0.1, 0.15) is 29.4 Å². The number of carboxylic acid groups (broad SMARTS) is 1. The number of amides is 2. The molecule has 168 valence electrons. The average molecular weight is 468 g/mol. The summed E-state index contributed by atoms with van der Waals surface area (Å²) in [7, 11) is 0. The summed E-state index contributed by atoms with van der Waals surface area (Å²) in [6, 6.07) is -0.867. The van der Waals surface area contributed by atoms with Gasteiger partial charge in [-0.3, -0.25) is 14.5 Å². The number of β-lactam (4-membered cyclic amide) rings is 1. The minimum atomic E-state index is -1.17. The van der Waals surface area contributed by atoms with E-state index in [9.17, 15) is 19.5 Å². The van der Waals surface area contributed by atoms with E-state index in [-0.39, 0.29) is 27.5 Å². The van der Waals surface area contributed by atoms with Crippen LogP contribution in [-0.4, -0.2) is 61.8 Å². The number of unbranched alkanes of at least 4 members (excludes halogenated alkanes) is 3. The first-order valence-electron chi connectivity index (χ1n) is 9.99. The molecule has 12 heteroatoms. The molecular formula is C19H25N5O5S2. The van der Waals surface area contributed by atoms with Crippen LogP contribution in [-0.2, 0) is 19.2 Å². The summed E-state index contributed by atoms with van der Waals surface area (Å²) in [5.74, 6) is -2.28. The first kappa shape index (κ1) is 23.1. The highest BCUT2D eigenvalue weighted by molar-refractivity contribution is 8.00. The number of anilines is 1. The predicted octanol–water partition coefficient (Wildman–Crippen LogP) is 1.78. The Bertz CT molecular complexity index is 915. The number of carbonyl (C=O) groups is 3. The van der Waals surface area contributed by atoms with Crippen molar-refractivity contribution in [3.63, 3.8) is 0 Å². The maximum atomic E-state index is 12.9. The molecule has 2 aliphatic rings. The van der Waals surface area contributed by atoms with Crippen LogP contribution >= 0.6 is 23.1 Å². The molecule has 0 saturated carbocycles. The molecule has 3 atom stereocenters. The third-order valence-corrected chi connectivity index (χ3v) is 6.78. The fourth-order valence-electron chi connectivity index (χ4n) is 3.24. The molecule has 4 N–H and O–H groups in total. The van der Waals surface area contributed by atoms with Gasteiger partial charge in [-0.15, -0.1) is 23.1 Å². The number of nitrogens with zero attached hydrogens (tertiary/aromatic N) is 3. The van der Waals surface area contributed by atoms with Crippen LogP contribution < -0.4 is 11.1 Å². The van der Waals surface area contributed by atoms with E-state index >= 15 is 0 Å². The third kappa shape index (κ3) is 5.18. The minimum Gasteiger partial charge on any atom is -0.477 e. The molecule has 0 aromatic carbocycles. The van der Waals surface area contributed by atoms with Crippen molar-refractivity contribution in [3.8, 4) is 0 Å². The second kappa shape index (κ2) is 10.1. The number of carboxylic acids is 1. The van der Waals surface area contributed by atoms with Crippen molar-refractivity contribution in [1.29, 1.82) is 0 Å². The third-order valence-electron chi connectivity index (χ3n) is 4.78. The largest absolute Gasteiger partial charge is 0.477 e. The summed E-state index contributed by atoms with van der Waals surface area (Å²) in [4.78, 5) is 47.6. The lowest BCUT2D eigenvalue weighted by molar-refractivity contribution is -0.150. The van der Waals surface area contributed by atoms with Crippen molar-refractivity contribution in [2.24, 2.45) is 5.16 Å². The van der Waals surface area contributed by atoms with Gasteiger partial charge < -0.3 is 21.0 Å². The summed E-state index contributed by atoms with van der Waals surface area (Å²) < 4.78 is 0. The highest BCUT2D eigenvalue weighted by atomic mass is 32.2. The molecule has 0 bridgehead atoms. The lowest BCUT2D eigenvalue weighted by Crippen LogP contribution is -2.71. The van der Waals surface area contributed by atoms with Crippen molar-refractivity contribution in [2.45, 2.75) is 56.2 Å². The molecule has 1 fully saturated rings. The van der Waals surface area contributed by atoms with Crippen LogP contribution in [0, 0.1) is 0 Å². The van der Waals surface area contributed by atoms with Crippen molar-refractivity contribution in [1.82, 2.24) is 15.2 Å². The maximum absolute atomic E-state index is 12.9. The molecule has 31 heavy (non-hydrogen) atoms. The number of thiazole rings is 1. The first-order valence-corrected chi connectivity index (χ1v) is 11.8. The van der Waals surface area contributed by atoms with E-state index in [1.165, 1.54) is 22.7 Å². The molecule has 3 rings (SSSR count). The fraction of sp³-hybridized carbons (Fsp3) is 0.526. The standard InChI is InChI=1S/C19H25N5O5S2/c1-3-4-5-6-7-29-23-13(11-9-30-19(20)21-11)15(25)22-14-16(26)24-12(18(27)28)8-10(2)31-17(14)24/h8-10,14,17H,3-7H2,1-2H3,(H2,20,21)(H,22,25)(H,27,28)/t10?,14?,17-/m0/s1. The summed E-state index contributed by atoms with van der Waals surface area (Å²) in [5, 5.41) is 17.2. The van der Waals surface area contributed by atoms with E-state index in [0.717, 1.165) is 37.0 Å². The Morgan fingerprint density at radius 2 is 2.16 bits per heavy atom. The number of hydrogen-bond donors (Lipinski definition) is 3. The molecule has 2 amide bonds. The van der Waals surface area contributed by atoms with Gasteiger partial charge in [-0.05, 0) is 25.8 Å². The number of carbonyl (C=O) groups excluding carboxylic acids is 2. The smallest absolute Gasteiger partial charge is 0.352 e. The molecular weight excluding hydrogens is 442 g/mol. The Labute approximate surface area is 187 Å². The SMILES string of the molecule is CCCCCCON=C(C(=O)NC1C(=O)N2C(C(=O)O)=CC(C)S[C@@H]12)c1csc(N)n1. The lowest BCUT2D eigenvalue weighted by atomic mass is 10.0. The molecule has 0 aliphatic carbocycles. The maximum Gasteiger partial charge on any atom is 0.352 e. The Kier molecular flexibility index (Phi) is 7.55. The van der Waals surface area contributed by atoms with Crippen LogP contribution in [0.1, 0.15) is 45.2 Å². The van der Waals surface area contributed by atoms with E-state index in [4.69, 9.17) is 10.6 Å². The average Bonchev–Trinajstić information content (AvgIpc) is 3.16. The molecule has 1 saturated heterocycles. The Hall–Kier alpha value is -2.60. The highest BCUT2D eigenvalue weighted by Crippen LogP contribution is 2.40. The van der Waals surface area contributed by atoms with Crippen LogP contribution in [0.2, 0.25) is 0 Å². The lowest BCUT2D eigenvalue weighted by Gasteiger charge is -2.49. The monoisotopic (exact) mass is 467 g/mol. The van der Waals surface area contributed by atoms with Crippen LogP contribution in [0.25, 0.3) is 0 Å². The number of nitrogens with one attached hydrogen (secondary N) is 1. The normalized spacial score (nSPS) is 23.0. The Morgan fingerprint density at radius 3 is 2.81 bits per heavy atom. The van der Waals surface area contributed by atoms with E-state index in [1.54, 1.807) is 5.38 Å².